The van der Waals surface area contributed by atoms with Crippen molar-refractivity contribution >= 4 is 22.7 Å². The summed E-state index contributed by atoms with van der Waals surface area (Å²) in [6.45, 7) is 0.227. The molecule has 112 valence electrons. The molecule has 0 aliphatic heterocycles. The van der Waals surface area contributed by atoms with Crippen molar-refractivity contribution in [3.63, 3.8) is 0 Å². The molecule has 0 saturated heterocycles. The van der Waals surface area contributed by atoms with E-state index >= 15 is 0 Å². The second-order valence-electron chi connectivity index (χ2n) is 4.93. The van der Waals surface area contributed by atoms with E-state index in [2.05, 4.69) is 22.5 Å². The van der Waals surface area contributed by atoms with Crippen molar-refractivity contribution in [2.45, 2.75) is 0 Å². The van der Waals surface area contributed by atoms with Gasteiger partial charge in [-0.05, 0) is 29.0 Å². The first-order chi connectivity index (χ1) is 11.4. The molecule has 0 saturated carbocycles. The van der Waals surface area contributed by atoms with Gasteiger partial charge < -0.3 is 4.74 Å². The number of rotatable bonds is 5. The Morgan fingerprint density at radius 3 is 2.61 bits per heavy atom. The van der Waals surface area contributed by atoms with Crippen molar-refractivity contribution in [2.24, 2.45) is 5.10 Å². The van der Waals surface area contributed by atoms with E-state index in [0.717, 1.165) is 27.8 Å². The number of hydrogen-bond donors (Lipinski definition) is 1. The van der Waals surface area contributed by atoms with Gasteiger partial charge in [0.1, 0.15) is 12.4 Å². The first-order valence-electron chi connectivity index (χ1n) is 7.30. The van der Waals surface area contributed by atoms with E-state index in [4.69, 9.17) is 11.2 Å². The van der Waals surface area contributed by atoms with E-state index in [1.807, 2.05) is 60.7 Å². The highest BCUT2D eigenvalue weighted by atomic mass is 16.5. The second kappa shape index (κ2) is 7.15. The van der Waals surface area contributed by atoms with Crippen molar-refractivity contribution < 1.29 is 4.74 Å². The molecule has 23 heavy (non-hydrogen) atoms. The van der Waals surface area contributed by atoms with Crippen LogP contribution in [0, 0.1) is 12.3 Å². The van der Waals surface area contributed by atoms with Crippen molar-refractivity contribution in [3.8, 4) is 18.1 Å². The maximum Gasteiger partial charge on any atom is 0.148 e. The van der Waals surface area contributed by atoms with Gasteiger partial charge in [-0.25, -0.2) is 0 Å². The Labute approximate surface area is 135 Å². The summed E-state index contributed by atoms with van der Waals surface area (Å²) in [6, 6.07) is 21.8. The van der Waals surface area contributed by atoms with E-state index in [0.29, 0.717) is 0 Å². The van der Waals surface area contributed by atoms with Crippen LogP contribution in [0.25, 0.3) is 10.8 Å². The molecule has 3 heteroatoms. The van der Waals surface area contributed by atoms with Crippen LogP contribution < -0.4 is 10.2 Å². The highest BCUT2D eigenvalue weighted by Crippen LogP contribution is 2.26. The highest BCUT2D eigenvalue weighted by molar-refractivity contribution is 6.02. The first-order valence-corrected chi connectivity index (χ1v) is 7.30. The van der Waals surface area contributed by atoms with E-state index < -0.39 is 0 Å². The van der Waals surface area contributed by atoms with Crippen LogP contribution in [0.5, 0.6) is 5.75 Å². The zero-order chi connectivity index (χ0) is 15.9. The zero-order valence-corrected chi connectivity index (χ0v) is 12.6. The number of anilines is 1. The second-order valence-corrected chi connectivity index (χ2v) is 4.93. The average molecular weight is 300 g/mol. The van der Waals surface area contributed by atoms with E-state index in [1.165, 1.54) is 0 Å². The van der Waals surface area contributed by atoms with Crippen LogP contribution in [-0.2, 0) is 0 Å². The lowest BCUT2D eigenvalue weighted by Crippen LogP contribution is -1.99. The van der Waals surface area contributed by atoms with Gasteiger partial charge in [0.2, 0.25) is 0 Å². The van der Waals surface area contributed by atoms with Crippen LogP contribution in [0.1, 0.15) is 5.56 Å². The van der Waals surface area contributed by atoms with Crippen LogP contribution >= 0.6 is 0 Å². The normalized spacial score (nSPS) is 10.6. The standard InChI is InChI=1S/C20H16N2O/c1-2-14-23-20-13-12-16-8-6-7-11-18(16)19(20)15-21-22-17-9-4-3-5-10-17/h1,3-13,15,22H,14H2/b21-15-. The summed E-state index contributed by atoms with van der Waals surface area (Å²) in [4.78, 5) is 0. The molecule has 0 heterocycles. The number of fused-ring (bicyclic) bond motifs is 1. The molecule has 0 aliphatic rings. The third kappa shape index (κ3) is 3.50. The number of ether oxygens (including phenoxy) is 1. The number of para-hydroxylation sites is 1. The fraction of sp³-hybridized carbons (Fsp3) is 0.0500. The van der Waals surface area contributed by atoms with Crippen molar-refractivity contribution in [3.05, 3.63) is 72.3 Å². The van der Waals surface area contributed by atoms with Gasteiger partial charge in [-0.2, -0.15) is 5.10 Å². The number of hydrazone groups is 1. The molecule has 0 amide bonds. The number of hydrogen-bond acceptors (Lipinski definition) is 3. The molecule has 0 atom stereocenters. The summed E-state index contributed by atoms with van der Waals surface area (Å²) in [5.74, 6) is 3.21. The predicted molar refractivity (Wildman–Crippen MR) is 95.9 cm³/mol. The highest BCUT2D eigenvalue weighted by Gasteiger charge is 2.06. The van der Waals surface area contributed by atoms with Gasteiger partial charge >= 0.3 is 0 Å². The Balaban J connectivity index is 1.94. The monoisotopic (exact) mass is 300 g/mol. The molecule has 0 aliphatic carbocycles. The number of terminal acetylenes is 1. The average Bonchev–Trinajstić information content (AvgIpc) is 2.61. The lowest BCUT2D eigenvalue weighted by molar-refractivity contribution is 0.370. The molecule has 0 aromatic heterocycles. The predicted octanol–water partition coefficient (Wildman–Crippen LogP) is 4.30. The van der Waals surface area contributed by atoms with Crippen LogP contribution in [-0.4, -0.2) is 12.8 Å². The van der Waals surface area contributed by atoms with Crippen molar-refractivity contribution in [1.29, 1.82) is 0 Å². The number of nitrogens with one attached hydrogen (secondary N) is 1. The number of nitrogens with zero attached hydrogens (tertiary/aromatic N) is 1. The summed E-state index contributed by atoms with van der Waals surface area (Å²) in [5.41, 5.74) is 4.85. The van der Waals surface area contributed by atoms with Crippen LogP contribution in [0.3, 0.4) is 0 Å². The molecular weight excluding hydrogens is 284 g/mol. The molecular formula is C20H16N2O. The van der Waals surface area contributed by atoms with Gasteiger partial charge in [0, 0.05) is 5.56 Å². The Hall–Kier alpha value is -3.25. The fourth-order valence-corrected chi connectivity index (χ4v) is 2.34. The molecule has 3 rings (SSSR count). The minimum absolute atomic E-state index is 0.227. The Morgan fingerprint density at radius 1 is 1.00 bits per heavy atom. The molecule has 0 radical (unpaired) electrons. The Morgan fingerprint density at radius 2 is 1.78 bits per heavy atom. The summed E-state index contributed by atoms with van der Waals surface area (Å²) in [6.07, 6.45) is 7.06. The van der Waals surface area contributed by atoms with Crippen LogP contribution in [0.15, 0.2) is 71.8 Å². The molecule has 3 nitrogen and oxygen atoms in total. The number of benzene rings is 3. The van der Waals surface area contributed by atoms with Gasteiger partial charge in [-0.15, -0.1) is 6.42 Å². The zero-order valence-electron chi connectivity index (χ0n) is 12.6. The summed E-state index contributed by atoms with van der Waals surface area (Å²) < 4.78 is 5.64. The minimum Gasteiger partial charge on any atom is -0.480 e. The van der Waals surface area contributed by atoms with Gasteiger partial charge in [0.05, 0.1) is 11.9 Å². The topological polar surface area (TPSA) is 33.6 Å². The molecule has 3 aromatic rings. The van der Waals surface area contributed by atoms with Crippen molar-refractivity contribution in [1.82, 2.24) is 0 Å². The van der Waals surface area contributed by atoms with E-state index in [9.17, 15) is 0 Å². The maximum absolute atomic E-state index is 5.64. The van der Waals surface area contributed by atoms with E-state index in [1.54, 1.807) is 6.21 Å². The quantitative estimate of drug-likeness (QED) is 0.433. The van der Waals surface area contributed by atoms with Gasteiger partial charge in [0.15, 0.2) is 0 Å². The summed E-state index contributed by atoms with van der Waals surface area (Å²) >= 11 is 0. The van der Waals surface area contributed by atoms with Gasteiger partial charge in [0.25, 0.3) is 0 Å². The lowest BCUT2D eigenvalue weighted by atomic mass is 10.0. The molecule has 0 spiro atoms. The minimum atomic E-state index is 0.227. The Bertz CT molecular complexity index is 864. The van der Waals surface area contributed by atoms with Crippen LogP contribution in [0.4, 0.5) is 5.69 Å². The van der Waals surface area contributed by atoms with Gasteiger partial charge in [-0.3, -0.25) is 5.43 Å². The van der Waals surface area contributed by atoms with E-state index in [-0.39, 0.29) is 6.61 Å². The lowest BCUT2D eigenvalue weighted by Gasteiger charge is -2.10. The molecule has 0 bridgehead atoms. The molecule has 3 aromatic carbocycles. The molecule has 1 N–H and O–H groups in total. The third-order valence-electron chi connectivity index (χ3n) is 3.40. The van der Waals surface area contributed by atoms with Crippen LogP contribution in [0.2, 0.25) is 0 Å². The fourth-order valence-electron chi connectivity index (χ4n) is 2.34. The smallest absolute Gasteiger partial charge is 0.148 e. The Kier molecular flexibility index (Phi) is 4.56. The van der Waals surface area contributed by atoms with Gasteiger partial charge in [-0.1, -0.05) is 54.5 Å². The van der Waals surface area contributed by atoms with Crippen molar-refractivity contribution in [2.75, 3.05) is 12.0 Å². The summed E-state index contributed by atoms with van der Waals surface area (Å²) in [7, 11) is 0. The molecule has 0 unspecified atom stereocenters. The first kappa shape index (κ1) is 14.7. The third-order valence-corrected chi connectivity index (χ3v) is 3.40. The largest absolute Gasteiger partial charge is 0.480 e. The summed E-state index contributed by atoms with van der Waals surface area (Å²) in [5, 5.41) is 6.52. The maximum atomic E-state index is 5.64. The SMILES string of the molecule is C#CCOc1ccc2ccccc2c1/C=N\Nc1ccccc1. The molecule has 0 fully saturated rings.